The number of benzene rings is 2. The van der Waals surface area contributed by atoms with Gasteiger partial charge in [-0.15, -0.1) is 0 Å². The van der Waals surface area contributed by atoms with E-state index < -0.39 is 0 Å². The van der Waals surface area contributed by atoms with Crippen LogP contribution >= 0.6 is 0 Å². The molecule has 1 unspecified atom stereocenters. The van der Waals surface area contributed by atoms with Crippen molar-refractivity contribution in [2.45, 2.75) is 19.9 Å². The summed E-state index contributed by atoms with van der Waals surface area (Å²) in [4.78, 5) is 12.1. The van der Waals surface area contributed by atoms with Crippen LogP contribution in [-0.4, -0.2) is 12.6 Å². The van der Waals surface area contributed by atoms with E-state index in [1.54, 1.807) is 0 Å². The lowest BCUT2D eigenvalue weighted by Gasteiger charge is -2.16. The van der Waals surface area contributed by atoms with E-state index in [0.717, 1.165) is 5.56 Å². The Balaban J connectivity index is 1.99. The highest BCUT2D eigenvalue weighted by Crippen LogP contribution is 2.23. The molecular weight excluding hydrogens is 264 g/mol. The molecule has 0 aliphatic carbocycles. The Morgan fingerprint density at radius 3 is 2.48 bits per heavy atom. The molecule has 2 aromatic rings. The summed E-state index contributed by atoms with van der Waals surface area (Å²) in [5.74, 6) is 0.669. The number of carbonyl (C=O) groups is 1. The van der Waals surface area contributed by atoms with Crippen LogP contribution in [0, 0.1) is 0 Å². The minimum Gasteiger partial charge on any atom is -0.492 e. The van der Waals surface area contributed by atoms with Gasteiger partial charge in [0.05, 0.1) is 18.3 Å². The Morgan fingerprint density at radius 2 is 1.76 bits per heavy atom. The fraction of sp³-hybridized carbons (Fsp3) is 0.235. The number of rotatable bonds is 5. The molecule has 0 spiro atoms. The van der Waals surface area contributed by atoms with Crippen molar-refractivity contribution in [3.8, 4) is 5.75 Å². The standard InChI is InChI=1S/C17H20N2O2/c1-3-21-16-12-8-7-11-15(16)19-17(20)18-13(2)14-9-5-4-6-10-14/h4-13H,3H2,1-2H3,(H2,18,19,20). The van der Waals surface area contributed by atoms with Gasteiger partial charge in [-0.25, -0.2) is 4.79 Å². The van der Waals surface area contributed by atoms with Crippen molar-refractivity contribution >= 4 is 11.7 Å². The van der Waals surface area contributed by atoms with Crippen LogP contribution in [0.5, 0.6) is 5.75 Å². The number of para-hydroxylation sites is 2. The van der Waals surface area contributed by atoms with Crippen molar-refractivity contribution in [1.82, 2.24) is 5.32 Å². The first-order valence-electron chi connectivity index (χ1n) is 7.05. The summed E-state index contributed by atoms with van der Waals surface area (Å²) in [7, 11) is 0. The maximum atomic E-state index is 12.1. The first-order valence-corrected chi connectivity index (χ1v) is 7.05. The molecule has 0 radical (unpaired) electrons. The molecule has 2 amide bonds. The fourth-order valence-corrected chi connectivity index (χ4v) is 2.03. The molecular formula is C17H20N2O2. The second kappa shape index (κ2) is 7.33. The summed E-state index contributed by atoms with van der Waals surface area (Å²) in [6, 6.07) is 16.9. The second-order valence-electron chi connectivity index (χ2n) is 4.66. The maximum Gasteiger partial charge on any atom is 0.319 e. The zero-order valence-electron chi connectivity index (χ0n) is 12.3. The number of hydrogen-bond donors (Lipinski definition) is 2. The van der Waals surface area contributed by atoms with Crippen molar-refractivity contribution < 1.29 is 9.53 Å². The Labute approximate surface area is 125 Å². The summed E-state index contributed by atoms with van der Waals surface area (Å²) >= 11 is 0. The first-order chi connectivity index (χ1) is 10.2. The van der Waals surface area contributed by atoms with Gasteiger partial charge in [0.25, 0.3) is 0 Å². The average Bonchev–Trinajstić information content (AvgIpc) is 2.50. The lowest BCUT2D eigenvalue weighted by Crippen LogP contribution is -2.31. The van der Waals surface area contributed by atoms with E-state index in [2.05, 4.69) is 10.6 Å². The third kappa shape index (κ3) is 4.24. The highest BCUT2D eigenvalue weighted by atomic mass is 16.5. The van der Waals surface area contributed by atoms with Gasteiger partial charge in [0.2, 0.25) is 0 Å². The monoisotopic (exact) mass is 284 g/mol. The Bertz CT molecular complexity index is 584. The Morgan fingerprint density at radius 1 is 1.10 bits per heavy atom. The Hall–Kier alpha value is -2.49. The zero-order chi connectivity index (χ0) is 15.1. The number of ether oxygens (including phenoxy) is 1. The van der Waals surface area contributed by atoms with Crippen LogP contribution in [0.3, 0.4) is 0 Å². The summed E-state index contributed by atoms with van der Waals surface area (Å²) in [6.07, 6.45) is 0. The molecule has 2 N–H and O–H groups in total. The van der Waals surface area contributed by atoms with Crippen LogP contribution in [0.1, 0.15) is 25.5 Å². The number of carbonyl (C=O) groups excluding carboxylic acids is 1. The maximum absolute atomic E-state index is 12.1. The number of amides is 2. The van der Waals surface area contributed by atoms with Crippen LogP contribution in [-0.2, 0) is 0 Å². The molecule has 0 aromatic heterocycles. The molecule has 0 bridgehead atoms. The van der Waals surface area contributed by atoms with Gasteiger partial charge in [-0.1, -0.05) is 42.5 Å². The first kappa shape index (κ1) is 14.9. The molecule has 21 heavy (non-hydrogen) atoms. The molecule has 0 aliphatic heterocycles. The molecule has 4 nitrogen and oxygen atoms in total. The molecule has 1 atom stereocenters. The molecule has 4 heteroatoms. The molecule has 0 fully saturated rings. The normalized spacial score (nSPS) is 11.5. The Kier molecular flexibility index (Phi) is 5.21. The molecule has 0 saturated carbocycles. The average molecular weight is 284 g/mol. The molecule has 0 heterocycles. The number of nitrogens with one attached hydrogen (secondary N) is 2. The predicted molar refractivity (Wildman–Crippen MR) is 84.6 cm³/mol. The zero-order valence-corrected chi connectivity index (χ0v) is 12.3. The fourth-order valence-electron chi connectivity index (χ4n) is 2.03. The largest absolute Gasteiger partial charge is 0.492 e. The summed E-state index contributed by atoms with van der Waals surface area (Å²) in [5, 5.41) is 5.73. The van der Waals surface area contributed by atoms with E-state index in [1.165, 1.54) is 0 Å². The van der Waals surface area contributed by atoms with Crippen LogP contribution in [0.4, 0.5) is 10.5 Å². The third-order valence-electron chi connectivity index (χ3n) is 3.08. The van der Waals surface area contributed by atoms with Crippen LogP contribution in [0.2, 0.25) is 0 Å². The highest BCUT2D eigenvalue weighted by molar-refractivity contribution is 5.91. The van der Waals surface area contributed by atoms with Gasteiger partial charge in [-0.2, -0.15) is 0 Å². The molecule has 2 rings (SSSR count). The van der Waals surface area contributed by atoms with Crippen molar-refractivity contribution in [2.75, 3.05) is 11.9 Å². The van der Waals surface area contributed by atoms with Gasteiger partial charge in [-0.3, -0.25) is 0 Å². The van der Waals surface area contributed by atoms with Gasteiger partial charge in [0.15, 0.2) is 0 Å². The lowest BCUT2D eigenvalue weighted by atomic mass is 10.1. The molecule has 2 aromatic carbocycles. The van der Waals surface area contributed by atoms with Crippen LogP contribution < -0.4 is 15.4 Å². The van der Waals surface area contributed by atoms with Crippen molar-refractivity contribution in [1.29, 1.82) is 0 Å². The number of anilines is 1. The van der Waals surface area contributed by atoms with Crippen LogP contribution in [0.25, 0.3) is 0 Å². The van der Waals surface area contributed by atoms with Crippen molar-refractivity contribution in [2.24, 2.45) is 0 Å². The molecule has 0 aliphatic rings. The number of hydrogen-bond acceptors (Lipinski definition) is 2. The SMILES string of the molecule is CCOc1ccccc1NC(=O)NC(C)c1ccccc1. The van der Waals surface area contributed by atoms with Crippen LogP contribution in [0.15, 0.2) is 54.6 Å². The van der Waals surface area contributed by atoms with E-state index >= 15 is 0 Å². The van der Waals surface area contributed by atoms with E-state index in [-0.39, 0.29) is 12.1 Å². The molecule has 0 saturated heterocycles. The quantitative estimate of drug-likeness (QED) is 0.873. The van der Waals surface area contributed by atoms with Gasteiger partial charge in [-0.05, 0) is 31.5 Å². The van der Waals surface area contributed by atoms with E-state index in [4.69, 9.17) is 4.74 Å². The summed E-state index contributed by atoms with van der Waals surface area (Å²) in [6.45, 7) is 4.42. The van der Waals surface area contributed by atoms with Crippen molar-refractivity contribution in [3.05, 3.63) is 60.2 Å². The molecule has 110 valence electrons. The van der Waals surface area contributed by atoms with Gasteiger partial charge in [0.1, 0.15) is 5.75 Å². The van der Waals surface area contributed by atoms with E-state index in [1.807, 2.05) is 68.4 Å². The van der Waals surface area contributed by atoms with Gasteiger partial charge < -0.3 is 15.4 Å². The van der Waals surface area contributed by atoms with Crippen molar-refractivity contribution in [3.63, 3.8) is 0 Å². The van der Waals surface area contributed by atoms with E-state index in [0.29, 0.717) is 18.0 Å². The second-order valence-corrected chi connectivity index (χ2v) is 4.66. The number of urea groups is 1. The minimum atomic E-state index is -0.251. The third-order valence-corrected chi connectivity index (χ3v) is 3.08. The van der Waals surface area contributed by atoms with Gasteiger partial charge >= 0.3 is 6.03 Å². The van der Waals surface area contributed by atoms with E-state index in [9.17, 15) is 4.79 Å². The summed E-state index contributed by atoms with van der Waals surface area (Å²) in [5.41, 5.74) is 1.72. The minimum absolute atomic E-state index is 0.0644. The highest BCUT2D eigenvalue weighted by Gasteiger charge is 2.11. The van der Waals surface area contributed by atoms with Gasteiger partial charge in [0, 0.05) is 0 Å². The summed E-state index contributed by atoms with van der Waals surface area (Å²) < 4.78 is 5.48. The smallest absolute Gasteiger partial charge is 0.319 e. The topological polar surface area (TPSA) is 50.4 Å². The predicted octanol–water partition coefficient (Wildman–Crippen LogP) is 3.97. The lowest BCUT2D eigenvalue weighted by molar-refractivity contribution is 0.249.